The van der Waals surface area contributed by atoms with E-state index < -0.39 is 0 Å². The van der Waals surface area contributed by atoms with Gasteiger partial charge in [-0.05, 0) is 43.7 Å². The van der Waals surface area contributed by atoms with Gasteiger partial charge in [0.25, 0.3) is 0 Å². The van der Waals surface area contributed by atoms with Crippen molar-refractivity contribution in [2.24, 2.45) is 0 Å². The second-order valence-electron chi connectivity index (χ2n) is 4.47. The summed E-state index contributed by atoms with van der Waals surface area (Å²) in [6.07, 6.45) is 2.00. The summed E-state index contributed by atoms with van der Waals surface area (Å²) >= 11 is 0. The maximum Gasteiger partial charge on any atom is 0.176 e. The van der Waals surface area contributed by atoms with E-state index in [0.717, 1.165) is 35.3 Å². The Morgan fingerprint density at radius 2 is 2.06 bits per heavy atom. The molecule has 0 radical (unpaired) electrons. The van der Waals surface area contributed by atoms with E-state index in [2.05, 4.69) is 37.4 Å². The van der Waals surface area contributed by atoms with E-state index in [4.69, 9.17) is 9.15 Å². The lowest BCUT2D eigenvalue weighted by Gasteiger charge is -2.09. The maximum atomic E-state index is 5.95. The van der Waals surface area contributed by atoms with Crippen molar-refractivity contribution in [1.29, 1.82) is 0 Å². The molecule has 0 bridgehead atoms. The van der Waals surface area contributed by atoms with Crippen LogP contribution in [0.2, 0.25) is 0 Å². The molecule has 18 heavy (non-hydrogen) atoms. The van der Waals surface area contributed by atoms with Crippen molar-refractivity contribution in [3.63, 3.8) is 0 Å². The number of methoxy groups -OCH3 is 1. The average molecular weight is 247 g/mol. The molecule has 0 saturated carbocycles. The third-order valence-electron chi connectivity index (χ3n) is 3.39. The second kappa shape index (κ2) is 5.44. The fourth-order valence-corrected chi connectivity index (χ4v) is 2.28. The van der Waals surface area contributed by atoms with Crippen LogP contribution in [0.5, 0.6) is 5.75 Å². The van der Waals surface area contributed by atoms with E-state index in [0.29, 0.717) is 0 Å². The van der Waals surface area contributed by atoms with Gasteiger partial charge in [0, 0.05) is 5.39 Å². The Kier molecular flexibility index (Phi) is 3.92. The maximum absolute atomic E-state index is 5.95. The molecule has 1 aromatic carbocycles. The average Bonchev–Trinajstić information content (AvgIpc) is 2.82. The van der Waals surface area contributed by atoms with Crippen LogP contribution in [0, 0.1) is 0 Å². The normalized spacial score (nSPS) is 12.9. The van der Waals surface area contributed by atoms with Crippen molar-refractivity contribution in [2.75, 3.05) is 14.2 Å². The molecule has 1 heterocycles. The SMILES string of the molecule is CCc1cc(OC)c2oc(C(CC)NC)cc2c1. The van der Waals surface area contributed by atoms with Crippen LogP contribution in [0.4, 0.5) is 0 Å². The van der Waals surface area contributed by atoms with Gasteiger partial charge >= 0.3 is 0 Å². The van der Waals surface area contributed by atoms with Gasteiger partial charge in [-0.25, -0.2) is 0 Å². The predicted octanol–water partition coefficient (Wildman–Crippen LogP) is 3.67. The van der Waals surface area contributed by atoms with E-state index in [9.17, 15) is 0 Å². The number of benzene rings is 1. The third-order valence-corrected chi connectivity index (χ3v) is 3.39. The summed E-state index contributed by atoms with van der Waals surface area (Å²) in [5.74, 6) is 1.79. The molecule has 0 amide bonds. The lowest BCUT2D eigenvalue weighted by Crippen LogP contribution is -2.14. The molecule has 98 valence electrons. The topological polar surface area (TPSA) is 34.4 Å². The number of hydrogen-bond acceptors (Lipinski definition) is 3. The Balaban J connectivity index is 2.55. The number of furan rings is 1. The summed E-state index contributed by atoms with van der Waals surface area (Å²) in [4.78, 5) is 0. The highest BCUT2D eigenvalue weighted by Gasteiger charge is 2.15. The highest BCUT2D eigenvalue weighted by atomic mass is 16.5. The number of nitrogens with one attached hydrogen (secondary N) is 1. The smallest absolute Gasteiger partial charge is 0.176 e. The lowest BCUT2D eigenvalue weighted by molar-refractivity contribution is 0.397. The Hall–Kier alpha value is -1.48. The van der Waals surface area contributed by atoms with Gasteiger partial charge in [-0.2, -0.15) is 0 Å². The van der Waals surface area contributed by atoms with Crippen molar-refractivity contribution < 1.29 is 9.15 Å². The van der Waals surface area contributed by atoms with E-state index in [1.807, 2.05) is 7.05 Å². The zero-order chi connectivity index (χ0) is 13.1. The van der Waals surface area contributed by atoms with Crippen molar-refractivity contribution >= 4 is 11.0 Å². The summed E-state index contributed by atoms with van der Waals surface area (Å²) in [7, 11) is 3.64. The summed E-state index contributed by atoms with van der Waals surface area (Å²) in [6.45, 7) is 4.28. The monoisotopic (exact) mass is 247 g/mol. The Morgan fingerprint density at radius 1 is 1.28 bits per heavy atom. The number of fused-ring (bicyclic) bond motifs is 1. The minimum Gasteiger partial charge on any atom is -0.493 e. The molecule has 1 N–H and O–H groups in total. The molecule has 0 spiro atoms. The highest BCUT2D eigenvalue weighted by molar-refractivity contribution is 5.84. The Bertz CT molecular complexity index is 527. The molecule has 0 saturated heterocycles. The molecule has 3 nitrogen and oxygen atoms in total. The molecule has 3 heteroatoms. The molecule has 0 fully saturated rings. The first kappa shape index (κ1) is 13.0. The zero-order valence-electron chi connectivity index (χ0n) is 11.5. The van der Waals surface area contributed by atoms with Crippen LogP contribution in [-0.2, 0) is 6.42 Å². The molecule has 1 atom stereocenters. The molecule has 2 aromatic rings. The minimum atomic E-state index is 0.257. The molecule has 1 aromatic heterocycles. The molecule has 0 aliphatic carbocycles. The quantitative estimate of drug-likeness (QED) is 0.875. The van der Waals surface area contributed by atoms with Crippen molar-refractivity contribution in [3.05, 3.63) is 29.5 Å². The Labute approximate surface area is 108 Å². The Morgan fingerprint density at radius 3 is 2.61 bits per heavy atom. The molecular weight excluding hydrogens is 226 g/mol. The molecule has 2 rings (SSSR count). The van der Waals surface area contributed by atoms with Crippen LogP contribution in [0.1, 0.15) is 37.6 Å². The molecule has 1 unspecified atom stereocenters. The van der Waals surface area contributed by atoms with Crippen LogP contribution >= 0.6 is 0 Å². The molecular formula is C15H21NO2. The van der Waals surface area contributed by atoms with E-state index >= 15 is 0 Å². The third kappa shape index (κ3) is 2.23. The fourth-order valence-electron chi connectivity index (χ4n) is 2.28. The van der Waals surface area contributed by atoms with Gasteiger partial charge in [-0.3, -0.25) is 0 Å². The van der Waals surface area contributed by atoms with Gasteiger partial charge in [-0.1, -0.05) is 13.8 Å². The molecule has 0 aliphatic heterocycles. The van der Waals surface area contributed by atoms with Gasteiger partial charge in [0.15, 0.2) is 11.3 Å². The van der Waals surface area contributed by atoms with Crippen LogP contribution in [-0.4, -0.2) is 14.2 Å². The van der Waals surface area contributed by atoms with E-state index in [1.165, 1.54) is 5.56 Å². The van der Waals surface area contributed by atoms with E-state index in [-0.39, 0.29) is 6.04 Å². The highest BCUT2D eigenvalue weighted by Crippen LogP contribution is 2.33. The largest absolute Gasteiger partial charge is 0.493 e. The number of ether oxygens (including phenoxy) is 1. The van der Waals surface area contributed by atoms with Crippen molar-refractivity contribution in [2.45, 2.75) is 32.7 Å². The van der Waals surface area contributed by atoms with Crippen molar-refractivity contribution in [1.82, 2.24) is 5.32 Å². The van der Waals surface area contributed by atoms with E-state index in [1.54, 1.807) is 7.11 Å². The summed E-state index contributed by atoms with van der Waals surface area (Å²) in [6, 6.07) is 6.59. The first-order valence-electron chi connectivity index (χ1n) is 6.51. The fraction of sp³-hybridized carbons (Fsp3) is 0.467. The summed E-state index contributed by atoms with van der Waals surface area (Å²) in [5, 5.41) is 4.38. The van der Waals surface area contributed by atoms with Crippen LogP contribution in [0.15, 0.2) is 22.6 Å². The zero-order valence-corrected chi connectivity index (χ0v) is 11.5. The predicted molar refractivity (Wildman–Crippen MR) is 74.2 cm³/mol. The summed E-state index contributed by atoms with van der Waals surface area (Å²) in [5.41, 5.74) is 2.11. The summed E-state index contributed by atoms with van der Waals surface area (Å²) < 4.78 is 11.4. The number of hydrogen-bond donors (Lipinski definition) is 1. The van der Waals surface area contributed by atoms with Gasteiger partial charge in [0.1, 0.15) is 5.76 Å². The standard InChI is InChI=1S/C15H21NO2/c1-5-10-7-11-9-13(12(6-2)16-3)18-15(11)14(8-10)17-4/h7-9,12,16H,5-6H2,1-4H3. The van der Waals surface area contributed by atoms with Crippen LogP contribution in [0.3, 0.4) is 0 Å². The first-order chi connectivity index (χ1) is 8.73. The van der Waals surface area contributed by atoms with Crippen molar-refractivity contribution in [3.8, 4) is 5.75 Å². The minimum absolute atomic E-state index is 0.257. The lowest BCUT2D eigenvalue weighted by atomic mass is 10.1. The van der Waals surface area contributed by atoms with Gasteiger partial charge in [0.2, 0.25) is 0 Å². The van der Waals surface area contributed by atoms with Gasteiger partial charge < -0.3 is 14.5 Å². The van der Waals surface area contributed by atoms with Gasteiger partial charge in [0.05, 0.1) is 13.2 Å². The number of rotatable bonds is 5. The van der Waals surface area contributed by atoms with Crippen LogP contribution < -0.4 is 10.1 Å². The van der Waals surface area contributed by atoms with Crippen LogP contribution in [0.25, 0.3) is 11.0 Å². The first-order valence-corrected chi connectivity index (χ1v) is 6.51. The second-order valence-corrected chi connectivity index (χ2v) is 4.47. The molecule has 0 aliphatic rings. The van der Waals surface area contributed by atoms with Gasteiger partial charge in [-0.15, -0.1) is 0 Å². The number of aryl methyl sites for hydroxylation is 1.